The maximum Gasteiger partial charge on any atom is 0.128 e. The van der Waals surface area contributed by atoms with Crippen molar-refractivity contribution in [3.8, 4) is 16.9 Å². The van der Waals surface area contributed by atoms with Gasteiger partial charge < -0.3 is 9.47 Å². The van der Waals surface area contributed by atoms with Crippen molar-refractivity contribution >= 4 is 34.9 Å². The molecule has 0 heterocycles. The lowest BCUT2D eigenvalue weighted by atomic mass is 9.88. The van der Waals surface area contributed by atoms with Crippen molar-refractivity contribution in [1.29, 1.82) is 0 Å². The van der Waals surface area contributed by atoms with Crippen LogP contribution in [-0.2, 0) is 4.74 Å². The molecule has 0 aliphatic heterocycles. The van der Waals surface area contributed by atoms with Gasteiger partial charge in [-0.05, 0) is 60.4 Å². The van der Waals surface area contributed by atoms with E-state index in [0.717, 1.165) is 33.4 Å². The van der Waals surface area contributed by atoms with E-state index in [1.807, 2.05) is 56.3 Å². The molecule has 0 spiro atoms. The number of benzene rings is 2. The molecule has 0 unspecified atom stereocenters. The second-order valence-electron chi connectivity index (χ2n) is 6.45. The molecule has 2 nitrogen and oxygen atoms in total. The highest BCUT2D eigenvalue weighted by atomic mass is 35.5. The minimum absolute atomic E-state index is 0.382. The summed E-state index contributed by atoms with van der Waals surface area (Å²) in [6, 6.07) is 11.7. The lowest BCUT2D eigenvalue weighted by molar-refractivity contribution is 0.303. The number of hydrogen-bond donors (Lipinski definition) is 0. The fourth-order valence-corrected chi connectivity index (χ4v) is 3.56. The number of methoxy groups -OCH3 is 2. The fourth-order valence-electron chi connectivity index (χ4n) is 3.30. The van der Waals surface area contributed by atoms with Crippen LogP contribution >= 0.6 is 23.2 Å². The fraction of sp³-hybridized carbons (Fsp3) is 0.154. The standard InChI is InChI=1S/C26H26Cl2O2/c1-7-10-22-21(18(4)20(8-2)25(29-5)15-17(3)27)11-9-12-23(22)24-14-13-19(28)16-26(24)30-6/h7-16H,3-4H2,1-2,5-6H3/b10-7?,20-8?,25-15+. The molecule has 0 atom stereocenters. The van der Waals surface area contributed by atoms with Gasteiger partial charge in [0.1, 0.15) is 11.5 Å². The van der Waals surface area contributed by atoms with Gasteiger partial charge in [-0.1, -0.05) is 72.8 Å². The van der Waals surface area contributed by atoms with Gasteiger partial charge in [0.25, 0.3) is 0 Å². The van der Waals surface area contributed by atoms with Gasteiger partial charge in [0.05, 0.1) is 14.2 Å². The maximum atomic E-state index is 6.16. The van der Waals surface area contributed by atoms with Gasteiger partial charge in [-0.25, -0.2) is 0 Å². The minimum atomic E-state index is 0.382. The Balaban J connectivity index is 2.72. The van der Waals surface area contributed by atoms with Gasteiger partial charge >= 0.3 is 0 Å². The van der Waals surface area contributed by atoms with Gasteiger partial charge in [0.15, 0.2) is 0 Å². The first-order chi connectivity index (χ1) is 14.4. The van der Waals surface area contributed by atoms with Crippen LogP contribution in [0.2, 0.25) is 5.02 Å². The lowest BCUT2D eigenvalue weighted by Crippen LogP contribution is -2.00. The molecule has 0 aromatic heterocycles. The van der Waals surface area contributed by atoms with Crippen LogP contribution in [0.3, 0.4) is 0 Å². The summed E-state index contributed by atoms with van der Waals surface area (Å²) in [6.45, 7) is 12.0. The van der Waals surface area contributed by atoms with E-state index < -0.39 is 0 Å². The molecule has 0 bridgehead atoms. The number of ether oxygens (including phenoxy) is 2. The summed E-state index contributed by atoms with van der Waals surface area (Å²) in [5, 5.41) is 1.00. The summed E-state index contributed by atoms with van der Waals surface area (Å²) < 4.78 is 11.1. The minimum Gasteiger partial charge on any atom is -0.496 e. The van der Waals surface area contributed by atoms with Crippen LogP contribution in [0.25, 0.3) is 22.8 Å². The molecular formula is C26H26Cl2O2. The van der Waals surface area contributed by atoms with Crippen molar-refractivity contribution in [3.05, 3.63) is 100 Å². The monoisotopic (exact) mass is 440 g/mol. The first kappa shape index (κ1) is 23.6. The largest absolute Gasteiger partial charge is 0.496 e. The van der Waals surface area contributed by atoms with Gasteiger partial charge in [-0.2, -0.15) is 0 Å². The topological polar surface area (TPSA) is 18.5 Å². The van der Waals surface area contributed by atoms with Crippen LogP contribution in [0.5, 0.6) is 5.75 Å². The van der Waals surface area contributed by atoms with E-state index in [2.05, 4.69) is 25.3 Å². The molecule has 2 aromatic carbocycles. The summed E-state index contributed by atoms with van der Waals surface area (Å²) in [7, 11) is 3.24. The average Bonchev–Trinajstić information content (AvgIpc) is 2.73. The van der Waals surface area contributed by atoms with Crippen molar-refractivity contribution < 1.29 is 9.47 Å². The molecule has 0 saturated heterocycles. The van der Waals surface area contributed by atoms with Gasteiger partial charge in [0, 0.05) is 21.2 Å². The van der Waals surface area contributed by atoms with Crippen molar-refractivity contribution in [2.75, 3.05) is 14.2 Å². The van der Waals surface area contributed by atoms with E-state index in [-0.39, 0.29) is 0 Å². The number of hydrogen-bond acceptors (Lipinski definition) is 2. The van der Waals surface area contributed by atoms with Crippen LogP contribution < -0.4 is 4.74 Å². The van der Waals surface area contributed by atoms with Gasteiger partial charge in [0.2, 0.25) is 0 Å². The summed E-state index contributed by atoms with van der Waals surface area (Å²) in [5.41, 5.74) is 5.60. The van der Waals surface area contributed by atoms with E-state index in [4.69, 9.17) is 32.7 Å². The molecule has 156 valence electrons. The molecule has 2 aromatic rings. The van der Waals surface area contributed by atoms with Crippen molar-refractivity contribution in [2.24, 2.45) is 0 Å². The molecule has 2 rings (SSSR count). The highest BCUT2D eigenvalue weighted by Crippen LogP contribution is 2.39. The van der Waals surface area contributed by atoms with E-state index >= 15 is 0 Å². The third kappa shape index (κ3) is 5.27. The predicted molar refractivity (Wildman–Crippen MR) is 131 cm³/mol. The quantitative estimate of drug-likeness (QED) is 0.303. The molecule has 0 saturated carbocycles. The van der Waals surface area contributed by atoms with E-state index in [0.29, 0.717) is 21.6 Å². The van der Waals surface area contributed by atoms with Gasteiger partial charge in [-0.3, -0.25) is 0 Å². The average molecular weight is 441 g/mol. The maximum absolute atomic E-state index is 6.16. The molecule has 0 aliphatic rings. The predicted octanol–water partition coefficient (Wildman–Crippen LogP) is 8.29. The molecule has 4 heteroatoms. The normalized spacial score (nSPS) is 12.2. The second-order valence-corrected chi connectivity index (χ2v) is 7.37. The number of rotatable bonds is 8. The Bertz CT molecular complexity index is 1040. The van der Waals surface area contributed by atoms with Crippen LogP contribution in [0.4, 0.5) is 0 Å². The molecule has 0 N–H and O–H groups in total. The summed E-state index contributed by atoms with van der Waals surface area (Å²) in [4.78, 5) is 0. The third-order valence-corrected chi connectivity index (χ3v) is 4.95. The Morgan fingerprint density at radius 3 is 2.33 bits per heavy atom. The second kappa shape index (κ2) is 10.9. The van der Waals surface area contributed by atoms with E-state index in [1.165, 1.54) is 0 Å². The Kier molecular flexibility index (Phi) is 8.58. The number of halogens is 2. The van der Waals surface area contributed by atoms with Crippen molar-refractivity contribution in [2.45, 2.75) is 13.8 Å². The Morgan fingerprint density at radius 1 is 1.03 bits per heavy atom. The molecule has 0 radical (unpaired) electrons. The Morgan fingerprint density at radius 2 is 1.77 bits per heavy atom. The summed E-state index contributed by atoms with van der Waals surface area (Å²) in [5.74, 6) is 1.31. The SMILES string of the molecule is C=C(Cl)/C=C(/OC)C(=CC)C(=C)c1cccc(-c2ccc(Cl)cc2OC)c1C=CC. The van der Waals surface area contributed by atoms with Crippen LogP contribution in [0, 0.1) is 0 Å². The smallest absolute Gasteiger partial charge is 0.128 e. The Labute approximate surface area is 189 Å². The zero-order chi connectivity index (χ0) is 22.3. The first-order valence-electron chi connectivity index (χ1n) is 9.43. The third-order valence-electron chi connectivity index (χ3n) is 4.61. The molecule has 30 heavy (non-hydrogen) atoms. The van der Waals surface area contributed by atoms with E-state index in [9.17, 15) is 0 Å². The van der Waals surface area contributed by atoms with E-state index in [1.54, 1.807) is 20.3 Å². The molecule has 0 aliphatic carbocycles. The van der Waals surface area contributed by atoms with Crippen molar-refractivity contribution in [3.63, 3.8) is 0 Å². The molecular weight excluding hydrogens is 415 g/mol. The Hall–Kier alpha value is -2.68. The number of allylic oxidation sites excluding steroid dienone is 5. The van der Waals surface area contributed by atoms with Crippen LogP contribution in [0.15, 0.2) is 84.1 Å². The summed E-state index contributed by atoms with van der Waals surface area (Å²) >= 11 is 12.2. The first-order valence-corrected chi connectivity index (χ1v) is 10.2. The zero-order valence-electron chi connectivity index (χ0n) is 17.8. The molecule has 0 amide bonds. The van der Waals surface area contributed by atoms with Crippen LogP contribution in [-0.4, -0.2) is 14.2 Å². The highest BCUT2D eigenvalue weighted by molar-refractivity contribution is 6.31. The van der Waals surface area contributed by atoms with Gasteiger partial charge in [-0.15, -0.1) is 0 Å². The van der Waals surface area contributed by atoms with Crippen LogP contribution in [0.1, 0.15) is 25.0 Å². The zero-order valence-corrected chi connectivity index (χ0v) is 19.3. The highest BCUT2D eigenvalue weighted by Gasteiger charge is 2.18. The lowest BCUT2D eigenvalue weighted by Gasteiger charge is -2.19. The van der Waals surface area contributed by atoms with Crippen molar-refractivity contribution in [1.82, 2.24) is 0 Å². The molecule has 0 fully saturated rings. The summed E-state index contributed by atoms with van der Waals surface area (Å²) in [6.07, 6.45) is 7.70.